The van der Waals surface area contributed by atoms with Gasteiger partial charge in [-0.2, -0.15) is 0 Å². The number of esters is 1. The Morgan fingerprint density at radius 1 is 1.30 bits per heavy atom. The number of allylic oxidation sites excluding steroid dienone is 1. The molecule has 0 amide bonds. The highest BCUT2D eigenvalue weighted by atomic mass is 16.5. The van der Waals surface area contributed by atoms with Gasteiger partial charge in [0.05, 0.1) is 19.3 Å². The Bertz CT molecular complexity index is 762. The number of hydrogen-bond donors (Lipinski definition) is 3. The van der Waals surface area contributed by atoms with Crippen LogP contribution in [0, 0.1) is 23.2 Å². The van der Waals surface area contributed by atoms with E-state index in [0.717, 1.165) is 44.1 Å². The van der Waals surface area contributed by atoms with E-state index in [-0.39, 0.29) is 35.7 Å². The van der Waals surface area contributed by atoms with Gasteiger partial charge in [0.25, 0.3) is 0 Å². The fraction of sp³-hybridized carbons (Fsp3) is 0.815. The van der Waals surface area contributed by atoms with Crippen molar-refractivity contribution in [2.24, 2.45) is 28.9 Å². The third-order valence-electron chi connectivity index (χ3n) is 8.48. The van der Waals surface area contributed by atoms with E-state index in [0.29, 0.717) is 32.4 Å². The summed E-state index contributed by atoms with van der Waals surface area (Å²) in [5.74, 6) is 0.229. The van der Waals surface area contributed by atoms with Gasteiger partial charge < -0.3 is 25.4 Å². The monoisotopic (exact) mass is 463 g/mol. The maximum atomic E-state index is 12.2. The van der Waals surface area contributed by atoms with Gasteiger partial charge in [0.2, 0.25) is 0 Å². The summed E-state index contributed by atoms with van der Waals surface area (Å²) in [6.07, 6.45) is 9.09. The third kappa shape index (κ3) is 5.72. The van der Waals surface area contributed by atoms with Crippen molar-refractivity contribution >= 4 is 5.97 Å². The third-order valence-corrected chi connectivity index (χ3v) is 8.48. The number of aliphatic hydroxyl groups excluding tert-OH is 1. The van der Waals surface area contributed by atoms with E-state index >= 15 is 0 Å². The first-order valence-electron chi connectivity index (χ1n) is 12.9. The molecule has 0 aliphatic heterocycles. The van der Waals surface area contributed by atoms with Crippen LogP contribution in [0.25, 0.3) is 0 Å². The lowest BCUT2D eigenvalue weighted by molar-refractivity contribution is -0.144. The maximum absolute atomic E-state index is 12.2. The van der Waals surface area contributed by atoms with E-state index in [1.807, 2.05) is 0 Å². The molecule has 6 nitrogen and oxygen atoms in total. The van der Waals surface area contributed by atoms with Crippen molar-refractivity contribution in [2.75, 3.05) is 26.9 Å². The lowest BCUT2D eigenvalue weighted by Crippen LogP contribution is -2.38. The molecular formula is C27H45NO5. The van der Waals surface area contributed by atoms with Gasteiger partial charge in [-0.05, 0) is 68.9 Å². The Morgan fingerprint density at radius 3 is 2.76 bits per heavy atom. The summed E-state index contributed by atoms with van der Waals surface area (Å²) in [6.45, 7) is 7.79. The molecule has 4 N–H and O–H groups in total. The molecule has 0 aromatic rings. The molecule has 33 heavy (non-hydrogen) atoms. The van der Waals surface area contributed by atoms with Gasteiger partial charge in [-0.15, -0.1) is 0 Å². The summed E-state index contributed by atoms with van der Waals surface area (Å²) in [5.41, 5.74) is 7.99. The van der Waals surface area contributed by atoms with E-state index in [4.69, 9.17) is 15.2 Å². The number of ether oxygens (including phenoxy) is 2. The van der Waals surface area contributed by atoms with Gasteiger partial charge >= 0.3 is 5.97 Å². The molecule has 0 spiro atoms. The van der Waals surface area contributed by atoms with Crippen LogP contribution in [-0.2, 0) is 14.3 Å². The predicted molar refractivity (Wildman–Crippen MR) is 129 cm³/mol. The Balaban J connectivity index is 1.80. The molecule has 6 atom stereocenters. The van der Waals surface area contributed by atoms with E-state index in [1.165, 1.54) is 11.1 Å². The SMILES string of the molecule is COC[C@@]1(O)CCC2/C1=C\C1(C)CCC(C(C)COC(=O)CCCCCN)=C1C[C@H](O)C2C. The van der Waals surface area contributed by atoms with Crippen molar-refractivity contribution < 1.29 is 24.5 Å². The lowest BCUT2D eigenvalue weighted by atomic mass is 9.69. The molecular weight excluding hydrogens is 418 g/mol. The number of hydrogen-bond acceptors (Lipinski definition) is 6. The molecule has 0 aromatic carbocycles. The largest absolute Gasteiger partial charge is 0.465 e. The van der Waals surface area contributed by atoms with Gasteiger partial charge in [-0.3, -0.25) is 4.79 Å². The molecule has 0 heterocycles. The molecule has 1 saturated carbocycles. The topological polar surface area (TPSA) is 102 Å². The Kier molecular flexibility index (Phi) is 8.82. The summed E-state index contributed by atoms with van der Waals surface area (Å²) < 4.78 is 11.0. The van der Waals surface area contributed by atoms with Crippen LogP contribution in [0.4, 0.5) is 0 Å². The van der Waals surface area contributed by atoms with E-state index in [1.54, 1.807) is 7.11 Å². The Hall–Kier alpha value is -1.21. The van der Waals surface area contributed by atoms with Crippen molar-refractivity contribution in [3.8, 4) is 0 Å². The molecule has 4 unspecified atom stereocenters. The first-order valence-corrected chi connectivity index (χ1v) is 12.9. The first-order chi connectivity index (χ1) is 15.6. The molecule has 3 aliphatic rings. The number of fused-ring (bicyclic) bond motifs is 2. The highest BCUT2D eigenvalue weighted by molar-refractivity contribution is 5.69. The van der Waals surface area contributed by atoms with Crippen molar-refractivity contribution in [3.63, 3.8) is 0 Å². The molecule has 0 radical (unpaired) electrons. The van der Waals surface area contributed by atoms with Crippen molar-refractivity contribution in [1.82, 2.24) is 0 Å². The van der Waals surface area contributed by atoms with Crippen LogP contribution in [0.15, 0.2) is 22.8 Å². The normalized spacial score (nSPS) is 36.5. The van der Waals surface area contributed by atoms with E-state index in [2.05, 4.69) is 26.8 Å². The predicted octanol–water partition coefficient (Wildman–Crippen LogP) is 3.90. The maximum Gasteiger partial charge on any atom is 0.305 e. The summed E-state index contributed by atoms with van der Waals surface area (Å²) in [4.78, 5) is 12.2. The number of methoxy groups -OCH3 is 1. The summed E-state index contributed by atoms with van der Waals surface area (Å²) >= 11 is 0. The minimum Gasteiger partial charge on any atom is -0.465 e. The molecule has 188 valence electrons. The van der Waals surface area contributed by atoms with Gasteiger partial charge in [-0.25, -0.2) is 0 Å². The van der Waals surface area contributed by atoms with Gasteiger partial charge in [0.15, 0.2) is 0 Å². The number of carbonyl (C=O) groups excluding carboxylic acids is 1. The van der Waals surface area contributed by atoms with E-state index < -0.39 is 11.7 Å². The standard InChI is InChI=1S/C27H45NO5/c1-18(16-33-25(30)8-6-5-7-13-28)20-9-11-26(3)15-23-21(10-12-27(23,31)17-32-4)19(2)24(29)14-22(20)26/h15,18-19,21,24,29,31H,5-14,16-17,28H2,1-4H3/b23-15+/t18?,19?,21?,24-,26?,27-/m0/s1. The highest BCUT2D eigenvalue weighted by Gasteiger charge is 2.50. The zero-order chi connectivity index (χ0) is 24.2. The van der Waals surface area contributed by atoms with Crippen molar-refractivity contribution in [2.45, 2.75) is 90.3 Å². The average molecular weight is 464 g/mol. The minimum atomic E-state index is -0.952. The van der Waals surface area contributed by atoms with Crippen LogP contribution in [0.3, 0.4) is 0 Å². The molecule has 0 saturated heterocycles. The second-order valence-electron chi connectivity index (χ2n) is 10.9. The van der Waals surface area contributed by atoms with Gasteiger partial charge in [0, 0.05) is 24.9 Å². The molecule has 0 bridgehead atoms. The molecule has 1 fully saturated rings. The lowest BCUT2D eigenvalue weighted by Gasteiger charge is -2.38. The van der Waals surface area contributed by atoms with Crippen LogP contribution in [0.1, 0.15) is 78.6 Å². The molecule has 3 aliphatic carbocycles. The van der Waals surface area contributed by atoms with Crippen molar-refractivity contribution in [3.05, 3.63) is 22.8 Å². The molecule has 3 rings (SSSR count). The van der Waals surface area contributed by atoms with Gasteiger partial charge in [-0.1, -0.05) is 44.4 Å². The zero-order valence-corrected chi connectivity index (χ0v) is 21.1. The van der Waals surface area contributed by atoms with Crippen molar-refractivity contribution in [1.29, 1.82) is 0 Å². The second kappa shape index (κ2) is 11.0. The van der Waals surface area contributed by atoms with Crippen LogP contribution >= 0.6 is 0 Å². The molecule has 0 aromatic heterocycles. The van der Waals surface area contributed by atoms with Crippen LogP contribution in [-0.4, -0.2) is 54.8 Å². The molecule has 6 heteroatoms. The number of nitrogens with two attached hydrogens (primary N) is 1. The number of rotatable bonds is 10. The van der Waals surface area contributed by atoms with Crippen LogP contribution in [0.5, 0.6) is 0 Å². The average Bonchev–Trinajstić information content (AvgIpc) is 3.25. The zero-order valence-electron chi connectivity index (χ0n) is 21.1. The second-order valence-corrected chi connectivity index (χ2v) is 10.9. The quantitative estimate of drug-likeness (QED) is 0.258. The number of carbonyl (C=O) groups is 1. The summed E-state index contributed by atoms with van der Waals surface area (Å²) in [6, 6.07) is 0. The van der Waals surface area contributed by atoms with E-state index in [9.17, 15) is 15.0 Å². The number of aliphatic hydroxyl groups is 2. The highest BCUT2D eigenvalue weighted by Crippen LogP contribution is 2.55. The van der Waals surface area contributed by atoms with Gasteiger partial charge in [0.1, 0.15) is 5.60 Å². The Labute approximate surface area is 199 Å². The fourth-order valence-electron chi connectivity index (χ4n) is 6.34. The van der Waals surface area contributed by atoms with Crippen LogP contribution < -0.4 is 5.73 Å². The summed E-state index contributed by atoms with van der Waals surface area (Å²) in [7, 11) is 1.63. The first kappa shape index (κ1) is 26.4. The summed E-state index contributed by atoms with van der Waals surface area (Å²) in [5, 5.41) is 22.6. The number of unbranched alkanes of at least 4 members (excludes halogenated alkanes) is 2. The van der Waals surface area contributed by atoms with Crippen LogP contribution in [0.2, 0.25) is 0 Å². The minimum absolute atomic E-state index is 0.0719. The fourth-order valence-corrected chi connectivity index (χ4v) is 6.34. The smallest absolute Gasteiger partial charge is 0.305 e. The Morgan fingerprint density at radius 2 is 2.06 bits per heavy atom.